The average Bonchev–Trinajstić information content (AvgIpc) is 2.87. The molecule has 0 unspecified atom stereocenters. The van der Waals surface area contributed by atoms with Gasteiger partial charge in [-0.1, -0.05) is 11.6 Å². The molecule has 3 N–H and O–H groups in total. The largest absolute Gasteiger partial charge is 1.00 e. The molecule has 0 saturated carbocycles. The average molecular weight is 433 g/mol. The van der Waals surface area contributed by atoms with Gasteiger partial charge in [-0.2, -0.15) is 0 Å². The number of amides is 1. The predicted octanol–water partition coefficient (Wildman–Crippen LogP) is 0.264. The van der Waals surface area contributed by atoms with Gasteiger partial charge in [0.05, 0.1) is 4.88 Å². The molecule has 1 aromatic carbocycles. The van der Waals surface area contributed by atoms with E-state index in [0.29, 0.717) is 21.4 Å². The summed E-state index contributed by atoms with van der Waals surface area (Å²) < 4.78 is 6.71. The Morgan fingerprint density at radius 1 is 1.24 bits per heavy atom. The molecule has 0 atom stereocenters. The Morgan fingerprint density at radius 3 is 2.62 bits per heavy atom. The van der Waals surface area contributed by atoms with Gasteiger partial charge in [0.15, 0.2) is 11.9 Å². The topological polar surface area (TPSA) is 66.5 Å². The number of rotatable bonds is 3. The molecule has 3 rings (SSSR count). The number of ether oxygens (including phenoxy) is 1. The second-order valence-corrected chi connectivity index (χ2v) is 5.65. The van der Waals surface area contributed by atoms with E-state index in [9.17, 15) is 4.79 Å². The van der Waals surface area contributed by atoms with Crippen molar-refractivity contribution in [3.63, 3.8) is 0 Å². The molecule has 2 heterocycles. The van der Waals surface area contributed by atoms with Crippen LogP contribution in [0.4, 0.5) is 0 Å². The smallest absolute Gasteiger partial charge is 0.258 e. The van der Waals surface area contributed by atoms with Gasteiger partial charge in [-0.25, -0.2) is 4.98 Å². The highest BCUT2D eigenvalue weighted by Gasteiger charge is 2.14. The summed E-state index contributed by atoms with van der Waals surface area (Å²) >= 11 is 7.16. The minimum atomic E-state index is -0.441. The normalized spacial score (nSPS) is 10.1. The number of fused-ring (bicyclic) bond motifs is 1. The molecular weight excluding hydrogens is 423 g/mol. The van der Waals surface area contributed by atoms with Crippen molar-refractivity contribution in [2.45, 2.75) is 0 Å². The molecule has 7 heteroatoms. The number of halogens is 2. The summed E-state index contributed by atoms with van der Waals surface area (Å²) in [6.45, 7) is 0. The third kappa shape index (κ3) is 3.45. The van der Waals surface area contributed by atoms with Crippen molar-refractivity contribution in [3.8, 4) is 11.5 Å². The standard InChI is InChI=1S/C14H9ClN2O2S.HI/c15-8-1-3-9(4-2-8)19-11-6-17-7-13-10(11)5-12(20-13)14(16)18;/h1-7H,(H2,16,18);1H. The predicted molar refractivity (Wildman–Crippen MR) is 78.4 cm³/mol. The molecule has 0 saturated heterocycles. The highest BCUT2D eigenvalue weighted by atomic mass is 127. The second kappa shape index (κ2) is 6.59. The molecule has 0 bridgehead atoms. The molecule has 108 valence electrons. The molecule has 0 aliphatic rings. The van der Waals surface area contributed by atoms with Gasteiger partial charge in [-0.15, -0.1) is 11.3 Å². The Balaban J connectivity index is 0.00000161. The van der Waals surface area contributed by atoms with E-state index in [2.05, 4.69) is 4.98 Å². The van der Waals surface area contributed by atoms with E-state index in [4.69, 9.17) is 22.1 Å². The van der Waals surface area contributed by atoms with Crippen molar-refractivity contribution in [2.24, 2.45) is 5.73 Å². The molecule has 0 aliphatic heterocycles. The lowest BCUT2D eigenvalue weighted by molar-refractivity contribution is -0.376. The summed E-state index contributed by atoms with van der Waals surface area (Å²) in [4.78, 5) is 14.7. The first kappa shape index (κ1) is 16.0. The quantitative estimate of drug-likeness (QED) is 0.604. The Labute approximate surface area is 146 Å². The number of carbonyl (C=O) groups excluding carboxylic acids is 1. The third-order valence-corrected chi connectivity index (χ3v) is 4.09. The first-order valence-electron chi connectivity index (χ1n) is 5.80. The zero-order chi connectivity index (χ0) is 14.1. The van der Waals surface area contributed by atoms with Crippen LogP contribution < -0.4 is 39.4 Å². The number of pyridine rings is 1. The molecule has 0 aliphatic carbocycles. The zero-order valence-corrected chi connectivity index (χ0v) is 14.3. The van der Waals surface area contributed by atoms with Crippen molar-refractivity contribution < 1.29 is 38.5 Å². The van der Waals surface area contributed by atoms with Gasteiger partial charge < -0.3 is 34.4 Å². The molecule has 1 amide bonds. The fourth-order valence-electron chi connectivity index (χ4n) is 1.81. The van der Waals surface area contributed by atoms with Gasteiger partial charge in [-0.05, 0) is 30.3 Å². The van der Waals surface area contributed by atoms with Crippen LogP contribution in [0, 0.1) is 0 Å². The minimum Gasteiger partial charge on any atom is -1.00 e. The summed E-state index contributed by atoms with van der Waals surface area (Å²) in [6, 6.07) is 8.80. The van der Waals surface area contributed by atoms with E-state index in [1.165, 1.54) is 11.3 Å². The first-order chi connectivity index (χ1) is 9.63. The van der Waals surface area contributed by atoms with E-state index < -0.39 is 5.91 Å². The third-order valence-electron chi connectivity index (χ3n) is 2.74. The maximum atomic E-state index is 11.2. The molecule has 0 radical (unpaired) electrons. The van der Waals surface area contributed by atoms with Crippen LogP contribution in [-0.2, 0) is 0 Å². The molecule has 4 nitrogen and oxygen atoms in total. The van der Waals surface area contributed by atoms with Crippen molar-refractivity contribution in [2.75, 3.05) is 0 Å². The van der Waals surface area contributed by atoms with Crippen LogP contribution in [0.5, 0.6) is 11.5 Å². The van der Waals surface area contributed by atoms with E-state index in [1.54, 1.807) is 42.7 Å². The van der Waals surface area contributed by atoms with Crippen LogP contribution in [-0.4, -0.2) is 5.91 Å². The summed E-state index contributed by atoms with van der Waals surface area (Å²) in [5, 5.41) is 1.49. The second-order valence-electron chi connectivity index (χ2n) is 4.13. The lowest BCUT2D eigenvalue weighted by Gasteiger charge is -2.04. The van der Waals surface area contributed by atoms with Crippen molar-refractivity contribution in [3.05, 3.63) is 52.6 Å². The lowest BCUT2D eigenvalue weighted by atomic mass is 10.3. The SMILES string of the molecule is NC(=O)c1cc2c(Oc3ccc(Cl)cc3)c[nH+]cc2s1.[I-]. The summed E-state index contributed by atoms with van der Waals surface area (Å²) in [6.07, 6.45) is 3.54. The molecular formula is C14H10ClIN2O2S. The number of nitrogens with two attached hydrogens (primary N) is 1. The van der Waals surface area contributed by atoms with Gasteiger partial charge in [0, 0.05) is 10.4 Å². The Bertz CT molecular complexity index is 789. The van der Waals surface area contributed by atoms with Gasteiger partial charge >= 0.3 is 0 Å². The molecule has 0 spiro atoms. The number of primary amides is 1. The van der Waals surface area contributed by atoms with E-state index in [1.807, 2.05) is 0 Å². The van der Waals surface area contributed by atoms with Crippen molar-refractivity contribution >= 4 is 38.9 Å². The monoisotopic (exact) mass is 432 g/mol. The first-order valence-corrected chi connectivity index (χ1v) is 7.00. The summed E-state index contributed by atoms with van der Waals surface area (Å²) in [7, 11) is 0. The number of hydrogen-bond donors (Lipinski definition) is 1. The highest BCUT2D eigenvalue weighted by Crippen LogP contribution is 2.33. The Hall–Kier alpha value is -1.38. The fourth-order valence-corrected chi connectivity index (χ4v) is 2.85. The number of carbonyl (C=O) groups is 1. The van der Waals surface area contributed by atoms with E-state index in [0.717, 1.165) is 10.1 Å². The highest BCUT2D eigenvalue weighted by molar-refractivity contribution is 7.20. The number of nitrogens with one attached hydrogen (secondary N) is 1. The van der Waals surface area contributed by atoms with Gasteiger partial charge in [-0.3, -0.25) is 4.79 Å². The van der Waals surface area contributed by atoms with E-state index >= 15 is 0 Å². The lowest BCUT2D eigenvalue weighted by Crippen LogP contribution is -3.00. The van der Waals surface area contributed by atoms with Crippen LogP contribution in [0.15, 0.2) is 42.7 Å². The molecule has 0 fully saturated rings. The Kier molecular flexibility index (Phi) is 5.02. The zero-order valence-electron chi connectivity index (χ0n) is 10.6. The number of thiophene rings is 1. The van der Waals surface area contributed by atoms with Crippen LogP contribution in [0.1, 0.15) is 9.67 Å². The number of benzene rings is 1. The minimum absolute atomic E-state index is 0. The number of aromatic nitrogens is 1. The van der Waals surface area contributed by atoms with Crippen LogP contribution in [0.25, 0.3) is 10.1 Å². The number of hydrogen-bond acceptors (Lipinski definition) is 3. The van der Waals surface area contributed by atoms with Crippen LogP contribution in [0.2, 0.25) is 5.02 Å². The number of H-pyrrole nitrogens is 1. The van der Waals surface area contributed by atoms with Crippen LogP contribution in [0.3, 0.4) is 0 Å². The van der Waals surface area contributed by atoms with Crippen LogP contribution >= 0.6 is 22.9 Å². The maximum absolute atomic E-state index is 11.2. The molecule has 21 heavy (non-hydrogen) atoms. The maximum Gasteiger partial charge on any atom is 0.258 e. The van der Waals surface area contributed by atoms with Gasteiger partial charge in [0.25, 0.3) is 5.91 Å². The summed E-state index contributed by atoms with van der Waals surface area (Å²) in [5.41, 5.74) is 5.30. The fraction of sp³-hybridized carbons (Fsp3) is 0. The van der Waals surface area contributed by atoms with E-state index in [-0.39, 0.29) is 24.0 Å². The Morgan fingerprint density at radius 2 is 1.95 bits per heavy atom. The summed E-state index contributed by atoms with van der Waals surface area (Å²) in [5.74, 6) is 0.861. The van der Waals surface area contributed by atoms with Crippen molar-refractivity contribution in [1.82, 2.24) is 0 Å². The molecule has 3 aromatic rings. The molecule has 2 aromatic heterocycles. The van der Waals surface area contributed by atoms with Gasteiger partial charge in [0.2, 0.25) is 6.20 Å². The van der Waals surface area contributed by atoms with Crippen molar-refractivity contribution in [1.29, 1.82) is 0 Å². The van der Waals surface area contributed by atoms with Gasteiger partial charge in [0.1, 0.15) is 10.4 Å². The number of aromatic amines is 1.